The first-order valence-electron chi connectivity index (χ1n) is 5.25. The van der Waals surface area contributed by atoms with Crippen LogP contribution in [0.5, 0.6) is 0 Å². The zero-order valence-corrected chi connectivity index (χ0v) is 8.85. The lowest BCUT2D eigenvalue weighted by atomic mass is 10.2. The van der Waals surface area contributed by atoms with Gasteiger partial charge in [0.15, 0.2) is 11.6 Å². The minimum atomic E-state index is -0.986. The summed E-state index contributed by atoms with van der Waals surface area (Å²) in [6.45, 7) is 0. The Morgan fingerprint density at radius 3 is 2.88 bits per heavy atom. The maximum Gasteiger partial charge on any atom is 0.167 e. The van der Waals surface area contributed by atoms with E-state index in [1.54, 1.807) is 10.6 Å². The maximum atomic E-state index is 13.7. The molecule has 0 saturated carbocycles. The Morgan fingerprint density at radius 2 is 2.18 bits per heavy atom. The van der Waals surface area contributed by atoms with Crippen molar-refractivity contribution in [3.63, 3.8) is 0 Å². The quantitative estimate of drug-likeness (QED) is 0.770. The summed E-state index contributed by atoms with van der Waals surface area (Å²) >= 11 is 0. The van der Waals surface area contributed by atoms with Crippen molar-refractivity contribution in [2.75, 3.05) is 5.73 Å². The Labute approximate surface area is 95.8 Å². The van der Waals surface area contributed by atoms with E-state index in [-0.39, 0.29) is 17.4 Å². The molecule has 2 heterocycles. The van der Waals surface area contributed by atoms with Crippen molar-refractivity contribution in [1.82, 2.24) is 14.5 Å². The fourth-order valence-electron chi connectivity index (χ4n) is 2.13. The number of aromatic nitrogens is 3. The van der Waals surface area contributed by atoms with Gasteiger partial charge in [-0.05, 0) is 0 Å². The first-order valence-corrected chi connectivity index (χ1v) is 5.25. The van der Waals surface area contributed by atoms with Gasteiger partial charge >= 0.3 is 0 Å². The monoisotopic (exact) mass is 236 g/mol. The SMILES string of the molecule is Nc1ncc(F)c2c1ncn2[C@H]1C=C[C@@H](F)C1. The van der Waals surface area contributed by atoms with Crippen LogP contribution in [-0.2, 0) is 0 Å². The summed E-state index contributed by atoms with van der Waals surface area (Å²) in [5.41, 5.74) is 6.22. The molecule has 0 aromatic carbocycles. The third-order valence-corrected chi connectivity index (χ3v) is 2.95. The number of pyridine rings is 1. The van der Waals surface area contributed by atoms with E-state index < -0.39 is 12.0 Å². The molecule has 6 heteroatoms. The number of alkyl halides is 1. The highest BCUT2D eigenvalue weighted by molar-refractivity contribution is 5.85. The number of halogens is 2. The Kier molecular flexibility index (Phi) is 2.10. The number of nitrogen functional groups attached to an aromatic ring is 1. The van der Waals surface area contributed by atoms with Gasteiger partial charge in [0, 0.05) is 6.42 Å². The van der Waals surface area contributed by atoms with E-state index in [0.717, 1.165) is 6.20 Å². The molecule has 0 radical (unpaired) electrons. The number of allylic oxidation sites excluding steroid dienone is 2. The molecule has 0 saturated heterocycles. The molecule has 2 aromatic rings. The van der Waals surface area contributed by atoms with Crippen LogP contribution in [0.1, 0.15) is 12.5 Å². The van der Waals surface area contributed by atoms with Crippen LogP contribution in [-0.4, -0.2) is 20.7 Å². The smallest absolute Gasteiger partial charge is 0.167 e. The molecule has 1 aliphatic rings. The standard InChI is InChI=1S/C11H10F2N4/c12-6-1-2-7(3-6)17-5-16-9-10(17)8(13)4-15-11(9)14/h1-2,4-7H,3H2,(H2,14,15)/t6-,7+/m1/s1. The third kappa shape index (κ3) is 1.48. The van der Waals surface area contributed by atoms with Crippen molar-refractivity contribution in [2.45, 2.75) is 18.6 Å². The van der Waals surface area contributed by atoms with Crippen LogP contribution in [0.2, 0.25) is 0 Å². The summed E-state index contributed by atoms with van der Waals surface area (Å²) in [6.07, 6.45) is 5.02. The van der Waals surface area contributed by atoms with Gasteiger partial charge in [0.05, 0.1) is 18.6 Å². The number of imidazole rings is 1. The van der Waals surface area contributed by atoms with Crippen LogP contribution in [0.25, 0.3) is 11.0 Å². The molecule has 0 bridgehead atoms. The van der Waals surface area contributed by atoms with Crippen molar-refractivity contribution < 1.29 is 8.78 Å². The van der Waals surface area contributed by atoms with Gasteiger partial charge in [0.1, 0.15) is 17.2 Å². The lowest BCUT2D eigenvalue weighted by Gasteiger charge is -2.11. The average Bonchev–Trinajstić information content (AvgIpc) is 2.89. The average molecular weight is 236 g/mol. The molecule has 2 atom stereocenters. The first kappa shape index (κ1) is 10.2. The van der Waals surface area contributed by atoms with Crippen molar-refractivity contribution in [3.05, 3.63) is 30.5 Å². The molecule has 17 heavy (non-hydrogen) atoms. The third-order valence-electron chi connectivity index (χ3n) is 2.95. The summed E-state index contributed by atoms with van der Waals surface area (Å²) in [5, 5.41) is 0. The van der Waals surface area contributed by atoms with Crippen molar-refractivity contribution >= 4 is 16.9 Å². The molecule has 1 aliphatic carbocycles. The molecule has 0 spiro atoms. The zero-order chi connectivity index (χ0) is 12.0. The summed E-state index contributed by atoms with van der Waals surface area (Å²) in [4.78, 5) is 7.72. The van der Waals surface area contributed by atoms with E-state index in [9.17, 15) is 8.78 Å². The van der Waals surface area contributed by atoms with E-state index in [4.69, 9.17) is 5.73 Å². The van der Waals surface area contributed by atoms with Crippen LogP contribution in [0.4, 0.5) is 14.6 Å². The van der Waals surface area contributed by atoms with Crippen molar-refractivity contribution in [2.24, 2.45) is 0 Å². The topological polar surface area (TPSA) is 56.7 Å². The molecule has 88 valence electrons. The van der Waals surface area contributed by atoms with Crippen LogP contribution >= 0.6 is 0 Å². The normalized spacial score (nSPS) is 23.6. The molecule has 2 aromatic heterocycles. The van der Waals surface area contributed by atoms with E-state index in [2.05, 4.69) is 9.97 Å². The molecular weight excluding hydrogens is 226 g/mol. The molecule has 0 unspecified atom stereocenters. The number of nitrogens with two attached hydrogens (primary N) is 1. The maximum absolute atomic E-state index is 13.7. The number of hydrogen-bond donors (Lipinski definition) is 1. The van der Waals surface area contributed by atoms with Gasteiger partial charge in [-0.3, -0.25) is 0 Å². The fourth-order valence-corrected chi connectivity index (χ4v) is 2.13. The molecule has 4 nitrogen and oxygen atoms in total. The summed E-state index contributed by atoms with van der Waals surface area (Å²) in [5.74, 6) is -0.318. The minimum Gasteiger partial charge on any atom is -0.382 e. The zero-order valence-electron chi connectivity index (χ0n) is 8.85. The molecular formula is C11H10F2N4. The van der Waals surface area contributed by atoms with E-state index in [1.165, 1.54) is 12.4 Å². The summed E-state index contributed by atoms with van der Waals surface area (Å²) < 4.78 is 28.4. The van der Waals surface area contributed by atoms with Gasteiger partial charge in [0.25, 0.3) is 0 Å². The Bertz CT molecular complexity index is 605. The predicted molar refractivity (Wildman–Crippen MR) is 59.6 cm³/mol. The highest BCUT2D eigenvalue weighted by Gasteiger charge is 2.23. The molecule has 0 amide bonds. The van der Waals surface area contributed by atoms with E-state index in [0.29, 0.717) is 11.9 Å². The van der Waals surface area contributed by atoms with Crippen molar-refractivity contribution in [3.8, 4) is 0 Å². The van der Waals surface area contributed by atoms with Gasteiger partial charge in [-0.2, -0.15) is 0 Å². The second-order valence-electron chi connectivity index (χ2n) is 4.04. The fraction of sp³-hybridized carbons (Fsp3) is 0.273. The molecule has 3 rings (SSSR count). The Hall–Kier alpha value is -1.98. The Balaban J connectivity index is 2.18. The van der Waals surface area contributed by atoms with Gasteiger partial charge < -0.3 is 10.3 Å². The summed E-state index contributed by atoms with van der Waals surface area (Å²) in [7, 11) is 0. The molecule has 2 N–H and O–H groups in total. The highest BCUT2D eigenvalue weighted by atomic mass is 19.1. The Morgan fingerprint density at radius 1 is 1.35 bits per heavy atom. The van der Waals surface area contributed by atoms with Crippen LogP contribution in [0, 0.1) is 5.82 Å². The lowest BCUT2D eigenvalue weighted by Crippen LogP contribution is -2.06. The number of rotatable bonds is 1. The molecule has 0 aliphatic heterocycles. The van der Waals surface area contributed by atoms with Crippen LogP contribution < -0.4 is 5.73 Å². The number of hydrogen-bond acceptors (Lipinski definition) is 3. The number of anilines is 1. The second-order valence-corrected chi connectivity index (χ2v) is 4.04. The first-order chi connectivity index (χ1) is 8.16. The van der Waals surface area contributed by atoms with E-state index in [1.807, 2.05) is 0 Å². The van der Waals surface area contributed by atoms with Crippen LogP contribution in [0.15, 0.2) is 24.7 Å². The molecule has 0 fully saturated rings. The van der Waals surface area contributed by atoms with Gasteiger partial charge in [-0.25, -0.2) is 18.7 Å². The number of fused-ring (bicyclic) bond motifs is 1. The summed E-state index contributed by atoms with van der Waals surface area (Å²) in [6, 6.07) is -0.216. The second kappa shape index (κ2) is 3.51. The lowest BCUT2D eigenvalue weighted by molar-refractivity contribution is 0.365. The number of nitrogens with zero attached hydrogens (tertiary/aromatic N) is 3. The van der Waals surface area contributed by atoms with E-state index >= 15 is 0 Å². The van der Waals surface area contributed by atoms with Gasteiger partial charge in [-0.1, -0.05) is 12.2 Å². The largest absolute Gasteiger partial charge is 0.382 e. The minimum absolute atomic E-state index is 0.180. The predicted octanol–water partition coefficient (Wildman–Crippen LogP) is 1.99. The van der Waals surface area contributed by atoms with Gasteiger partial charge in [0.2, 0.25) is 0 Å². The van der Waals surface area contributed by atoms with Crippen molar-refractivity contribution in [1.29, 1.82) is 0 Å². The van der Waals surface area contributed by atoms with Gasteiger partial charge in [-0.15, -0.1) is 0 Å². The highest BCUT2D eigenvalue weighted by Crippen LogP contribution is 2.30. The van der Waals surface area contributed by atoms with Crippen LogP contribution in [0.3, 0.4) is 0 Å².